The fourth-order valence-electron chi connectivity index (χ4n) is 3.74. The van der Waals surface area contributed by atoms with Crippen molar-refractivity contribution in [3.8, 4) is 5.75 Å². The van der Waals surface area contributed by atoms with Gasteiger partial charge in [0, 0.05) is 20.1 Å². The Labute approximate surface area is 194 Å². The minimum Gasteiger partial charge on any atom is -0.494 e. The number of nitrogens with two attached hydrogens (primary N) is 1. The van der Waals surface area contributed by atoms with Crippen molar-refractivity contribution in [2.24, 2.45) is 7.05 Å². The molecule has 0 amide bonds. The Kier molecular flexibility index (Phi) is 13.3. The molecule has 1 aromatic carbocycles. The zero-order valence-corrected chi connectivity index (χ0v) is 20.2. The van der Waals surface area contributed by atoms with Gasteiger partial charge in [-0.1, -0.05) is 76.8 Å². The van der Waals surface area contributed by atoms with Crippen LogP contribution < -0.4 is 21.1 Å². The standard InChI is InChI=1S/C25H44N6O/c1-3-4-5-6-7-8-9-10-11-12-17-27-21-22-15-13-16-23(20-22)32-19-14-18-28-25-29-24(26)30-31(25)2/h13,15-16,20,27H,3-12,14,17-19,21H2,1-2H3,(H3,26,28,29,30). The van der Waals surface area contributed by atoms with Gasteiger partial charge in [-0.05, 0) is 37.1 Å². The van der Waals surface area contributed by atoms with Crippen LogP contribution in [-0.4, -0.2) is 34.5 Å². The normalized spacial score (nSPS) is 11.1. The first-order valence-electron chi connectivity index (χ1n) is 12.5. The molecule has 0 atom stereocenters. The quantitative estimate of drug-likeness (QED) is 0.255. The maximum absolute atomic E-state index is 5.90. The van der Waals surface area contributed by atoms with E-state index in [0.717, 1.165) is 31.8 Å². The van der Waals surface area contributed by atoms with Crippen LogP contribution in [0.4, 0.5) is 11.9 Å². The molecule has 4 N–H and O–H groups in total. The SMILES string of the molecule is CCCCCCCCCCCCNCc1cccc(OCCCNc2nc(N)nn2C)c1. The van der Waals surface area contributed by atoms with E-state index in [9.17, 15) is 0 Å². The first-order valence-corrected chi connectivity index (χ1v) is 12.5. The summed E-state index contributed by atoms with van der Waals surface area (Å²) in [5.41, 5.74) is 6.85. The van der Waals surface area contributed by atoms with Crippen LogP contribution >= 0.6 is 0 Å². The molecule has 0 aliphatic heterocycles. The molecule has 0 saturated carbocycles. The number of unbranched alkanes of at least 4 members (excludes halogenated alkanes) is 9. The van der Waals surface area contributed by atoms with Crippen LogP contribution in [0.3, 0.4) is 0 Å². The van der Waals surface area contributed by atoms with E-state index in [0.29, 0.717) is 12.6 Å². The highest BCUT2D eigenvalue weighted by molar-refractivity contribution is 5.31. The second-order valence-electron chi connectivity index (χ2n) is 8.55. The highest BCUT2D eigenvalue weighted by Crippen LogP contribution is 2.14. The summed E-state index contributed by atoms with van der Waals surface area (Å²) in [7, 11) is 1.82. The smallest absolute Gasteiger partial charge is 0.241 e. The monoisotopic (exact) mass is 444 g/mol. The second kappa shape index (κ2) is 16.4. The number of rotatable bonds is 19. The van der Waals surface area contributed by atoms with E-state index in [2.05, 4.69) is 45.8 Å². The summed E-state index contributed by atoms with van der Waals surface area (Å²) < 4.78 is 7.54. The number of anilines is 2. The minimum absolute atomic E-state index is 0.282. The van der Waals surface area contributed by atoms with Gasteiger partial charge in [0.15, 0.2) is 0 Å². The predicted molar refractivity (Wildman–Crippen MR) is 134 cm³/mol. The maximum Gasteiger partial charge on any atom is 0.241 e. The molecular weight excluding hydrogens is 400 g/mol. The van der Waals surface area contributed by atoms with Crippen molar-refractivity contribution in [3.63, 3.8) is 0 Å². The van der Waals surface area contributed by atoms with Crippen molar-refractivity contribution in [3.05, 3.63) is 29.8 Å². The van der Waals surface area contributed by atoms with Crippen molar-refractivity contribution in [2.45, 2.75) is 84.1 Å². The highest BCUT2D eigenvalue weighted by Gasteiger charge is 2.03. The van der Waals surface area contributed by atoms with Crippen molar-refractivity contribution >= 4 is 11.9 Å². The molecule has 2 rings (SSSR count). The summed E-state index contributed by atoms with van der Waals surface area (Å²) in [6, 6.07) is 8.36. The van der Waals surface area contributed by atoms with Crippen molar-refractivity contribution in [2.75, 3.05) is 30.7 Å². The molecule has 0 radical (unpaired) electrons. The Morgan fingerprint density at radius 3 is 2.34 bits per heavy atom. The Bertz CT molecular complexity index is 733. The Hall–Kier alpha value is -2.28. The summed E-state index contributed by atoms with van der Waals surface area (Å²) in [5.74, 6) is 1.88. The highest BCUT2D eigenvalue weighted by atomic mass is 16.5. The number of benzene rings is 1. The Balaban J connectivity index is 1.47. The summed E-state index contributed by atoms with van der Waals surface area (Å²) in [6.45, 7) is 5.66. The summed E-state index contributed by atoms with van der Waals surface area (Å²) >= 11 is 0. The molecule has 0 aliphatic carbocycles. The van der Waals surface area contributed by atoms with E-state index in [1.807, 2.05) is 13.1 Å². The molecule has 1 aromatic heterocycles. The van der Waals surface area contributed by atoms with Gasteiger partial charge >= 0.3 is 0 Å². The lowest BCUT2D eigenvalue weighted by Crippen LogP contribution is -2.14. The summed E-state index contributed by atoms with van der Waals surface area (Å²) in [4.78, 5) is 4.12. The zero-order valence-electron chi connectivity index (χ0n) is 20.2. The third kappa shape index (κ3) is 11.4. The Morgan fingerprint density at radius 1 is 0.938 bits per heavy atom. The van der Waals surface area contributed by atoms with Gasteiger partial charge in [0.25, 0.3) is 0 Å². The number of nitrogens with one attached hydrogen (secondary N) is 2. The lowest BCUT2D eigenvalue weighted by molar-refractivity contribution is 0.314. The van der Waals surface area contributed by atoms with Crippen LogP contribution in [0.25, 0.3) is 0 Å². The van der Waals surface area contributed by atoms with Crippen molar-refractivity contribution in [1.29, 1.82) is 0 Å². The fraction of sp³-hybridized carbons (Fsp3) is 0.680. The minimum atomic E-state index is 0.282. The van der Waals surface area contributed by atoms with E-state index < -0.39 is 0 Å². The number of hydrogen-bond acceptors (Lipinski definition) is 6. The largest absolute Gasteiger partial charge is 0.494 e. The number of nitrogens with zero attached hydrogens (tertiary/aromatic N) is 3. The number of hydrogen-bond donors (Lipinski definition) is 3. The molecule has 32 heavy (non-hydrogen) atoms. The average molecular weight is 445 g/mol. The topological polar surface area (TPSA) is 90.0 Å². The number of aryl methyl sites for hydroxylation is 1. The molecule has 0 bridgehead atoms. The molecule has 0 saturated heterocycles. The predicted octanol–water partition coefficient (Wildman–Crippen LogP) is 5.29. The van der Waals surface area contributed by atoms with E-state index >= 15 is 0 Å². The van der Waals surface area contributed by atoms with Gasteiger partial charge in [-0.2, -0.15) is 4.98 Å². The molecule has 0 fully saturated rings. The molecule has 0 aliphatic rings. The van der Waals surface area contributed by atoms with Gasteiger partial charge in [0.1, 0.15) is 5.75 Å². The van der Waals surface area contributed by atoms with Crippen molar-refractivity contribution < 1.29 is 4.74 Å². The summed E-state index contributed by atoms with van der Waals surface area (Å²) in [5, 5.41) is 10.8. The van der Waals surface area contributed by atoms with Crippen LogP contribution in [0.15, 0.2) is 24.3 Å². The molecule has 2 aromatic rings. The Morgan fingerprint density at radius 2 is 1.66 bits per heavy atom. The van der Waals surface area contributed by atoms with Gasteiger partial charge in [-0.3, -0.25) is 0 Å². The van der Waals surface area contributed by atoms with E-state index in [-0.39, 0.29) is 5.95 Å². The first kappa shape index (κ1) is 26.0. The number of ether oxygens (including phenoxy) is 1. The van der Waals surface area contributed by atoms with Crippen LogP contribution in [-0.2, 0) is 13.6 Å². The van der Waals surface area contributed by atoms with Crippen LogP contribution in [0.1, 0.15) is 83.1 Å². The van der Waals surface area contributed by atoms with Gasteiger partial charge in [-0.15, -0.1) is 5.10 Å². The van der Waals surface area contributed by atoms with E-state index in [1.54, 1.807) is 4.68 Å². The third-order valence-corrected chi connectivity index (χ3v) is 5.59. The molecule has 1 heterocycles. The third-order valence-electron chi connectivity index (χ3n) is 5.59. The molecular formula is C25H44N6O. The maximum atomic E-state index is 5.90. The summed E-state index contributed by atoms with van der Waals surface area (Å²) in [6.07, 6.45) is 14.6. The van der Waals surface area contributed by atoms with Crippen LogP contribution in [0.2, 0.25) is 0 Å². The van der Waals surface area contributed by atoms with Gasteiger partial charge in [0.2, 0.25) is 11.9 Å². The number of aromatic nitrogens is 3. The molecule has 0 spiro atoms. The van der Waals surface area contributed by atoms with Crippen molar-refractivity contribution in [1.82, 2.24) is 20.1 Å². The van der Waals surface area contributed by atoms with Gasteiger partial charge < -0.3 is 21.1 Å². The zero-order chi connectivity index (χ0) is 22.9. The average Bonchev–Trinajstić information content (AvgIpc) is 3.11. The molecule has 0 unspecified atom stereocenters. The van der Waals surface area contributed by atoms with Crippen LogP contribution in [0, 0.1) is 0 Å². The lowest BCUT2D eigenvalue weighted by Gasteiger charge is -2.10. The van der Waals surface area contributed by atoms with E-state index in [1.165, 1.54) is 69.8 Å². The molecule has 7 heteroatoms. The van der Waals surface area contributed by atoms with Gasteiger partial charge in [0.05, 0.1) is 6.61 Å². The van der Waals surface area contributed by atoms with E-state index in [4.69, 9.17) is 10.5 Å². The molecule has 7 nitrogen and oxygen atoms in total. The number of nitrogen functional groups attached to an aromatic ring is 1. The lowest BCUT2D eigenvalue weighted by atomic mass is 10.1. The second-order valence-corrected chi connectivity index (χ2v) is 8.55. The van der Waals surface area contributed by atoms with Gasteiger partial charge in [-0.25, -0.2) is 4.68 Å². The fourth-order valence-corrected chi connectivity index (χ4v) is 3.74. The first-order chi connectivity index (χ1) is 15.7. The van der Waals surface area contributed by atoms with Crippen LogP contribution in [0.5, 0.6) is 5.75 Å². The molecule has 180 valence electrons.